The van der Waals surface area contributed by atoms with Gasteiger partial charge in [-0.1, -0.05) is 0 Å². The van der Waals surface area contributed by atoms with Crippen LogP contribution in [0.4, 0.5) is 5.69 Å². The molecule has 0 unspecified atom stereocenters. The zero-order chi connectivity index (χ0) is 19.4. The van der Waals surface area contributed by atoms with E-state index in [0.717, 1.165) is 5.75 Å². The maximum Gasteiger partial charge on any atom is 0.260 e. The van der Waals surface area contributed by atoms with E-state index < -0.39 is 0 Å². The number of hydrogen-bond acceptors (Lipinski definition) is 6. The van der Waals surface area contributed by atoms with Crippen LogP contribution in [-0.2, 0) is 0 Å². The predicted molar refractivity (Wildman–Crippen MR) is 106 cm³/mol. The highest BCUT2D eigenvalue weighted by molar-refractivity contribution is 7.98. The molecule has 140 valence electrons. The van der Waals surface area contributed by atoms with Crippen LogP contribution in [0.25, 0.3) is 11.6 Å². The molecule has 0 saturated carbocycles. The van der Waals surface area contributed by atoms with Crippen LogP contribution >= 0.6 is 11.8 Å². The number of carbonyl (C=O) groups is 1. The summed E-state index contributed by atoms with van der Waals surface area (Å²) in [5.41, 5.74) is 1.73. The van der Waals surface area contributed by atoms with E-state index in [-0.39, 0.29) is 12.0 Å². The first-order valence-corrected chi connectivity index (χ1v) is 9.75. The summed E-state index contributed by atoms with van der Waals surface area (Å²) in [6, 6.07) is 10.8. The summed E-state index contributed by atoms with van der Waals surface area (Å²) >= 11 is 1.40. The first-order chi connectivity index (χ1) is 13.0. The van der Waals surface area contributed by atoms with Gasteiger partial charge in [0.25, 0.3) is 5.91 Å². The normalized spacial score (nSPS) is 10.9. The second-order valence-corrected chi connectivity index (χ2v) is 6.93. The van der Waals surface area contributed by atoms with Crippen LogP contribution in [0.5, 0.6) is 5.75 Å². The van der Waals surface area contributed by atoms with Gasteiger partial charge in [-0.3, -0.25) is 4.79 Å². The minimum atomic E-state index is -0.250. The molecule has 0 aliphatic heterocycles. The van der Waals surface area contributed by atoms with E-state index >= 15 is 0 Å². The second kappa shape index (κ2) is 8.26. The van der Waals surface area contributed by atoms with Crippen LogP contribution in [0.15, 0.2) is 52.1 Å². The molecule has 0 saturated heterocycles. The van der Waals surface area contributed by atoms with Gasteiger partial charge >= 0.3 is 0 Å². The Morgan fingerprint density at radius 3 is 2.52 bits per heavy atom. The molecule has 3 aromatic rings. The molecule has 1 amide bonds. The van der Waals surface area contributed by atoms with Gasteiger partial charge in [0.2, 0.25) is 0 Å². The van der Waals surface area contributed by atoms with Crippen LogP contribution < -0.4 is 10.1 Å². The Labute approximate surface area is 162 Å². The van der Waals surface area contributed by atoms with Crippen molar-refractivity contribution in [2.45, 2.75) is 31.9 Å². The Hall–Kier alpha value is -2.80. The van der Waals surface area contributed by atoms with E-state index in [2.05, 4.69) is 15.3 Å². The predicted octanol–water partition coefficient (Wildman–Crippen LogP) is 4.81. The van der Waals surface area contributed by atoms with Crippen LogP contribution in [-0.4, -0.2) is 28.2 Å². The summed E-state index contributed by atoms with van der Waals surface area (Å²) in [6.45, 7) is 5.73. The summed E-state index contributed by atoms with van der Waals surface area (Å²) in [4.78, 5) is 21.7. The lowest BCUT2D eigenvalue weighted by Crippen LogP contribution is -2.17. The molecule has 0 aliphatic carbocycles. The molecule has 1 aromatic carbocycles. The lowest BCUT2D eigenvalue weighted by molar-refractivity contribution is 0.102. The smallest absolute Gasteiger partial charge is 0.260 e. The number of thioether (sulfide) groups is 1. The van der Waals surface area contributed by atoms with Crippen LogP contribution in [0, 0.1) is 6.92 Å². The largest absolute Gasteiger partial charge is 0.491 e. The summed E-state index contributed by atoms with van der Waals surface area (Å²) < 4.78 is 11.0. The number of rotatable bonds is 6. The van der Waals surface area contributed by atoms with Crippen molar-refractivity contribution >= 4 is 23.4 Å². The monoisotopic (exact) mass is 383 g/mol. The number of hydrogen-bond donors (Lipinski definition) is 1. The van der Waals surface area contributed by atoms with E-state index in [9.17, 15) is 4.79 Å². The molecule has 1 N–H and O–H groups in total. The van der Waals surface area contributed by atoms with Gasteiger partial charge < -0.3 is 14.5 Å². The number of furan rings is 1. The molecule has 27 heavy (non-hydrogen) atoms. The topological polar surface area (TPSA) is 77.2 Å². The number of aryl methyl sites for hydroxylation is 1. The van der Waals surface area contributed by atoms with Crippen molar-refractivity contribution in [2.24, 2.45) is 0 Å². The van der Waals surface area contributed by atoms with Crippen molar-refractivity contribution in [3.8, 4) is 17.3 Å². The molecule has 2 aromatic heterocycles. The quantitative estimate of drug-likeness (QED) is 0.486. The Bertz CT molecular complexity index is 922. The van der Waals surface area contributed by atoms with E-state index in [1.54, 1.807) is 25.3 Å². The summed E-state index contributed by atoms with van der Waals surface area (Å²) in [5.74, 6) is 1.55. The number of nitrogens with zero attached hydrogens (tertiary/aromatic N) is 2. The van der Waals surface area contributed by atoms with Crippen LogP contribution in [0.3, 0.4) is 0 Å². The van der Waals surface area contributed by atoms with Gasteiger partial charge in [-0.05, 0) is 63.4 Å². The van der Waals surface area contributed by atoms with Crippen molar-refractivity contribution < 1.29 is 13.9 Å². The molecular weight excluding hydrogens is 362 g/mol. The van der Waals surface area contributed by atoms with Gasteiger partial charge in [0.15, 0.2) is 11.6 Å². The van der Waals surface area contributed by atoms with E-state index in [1.165, 1.54) is 11.8 Å². The Morgan fingerprint density at radius 1 is 1.19 bits per heavy atom. The summed E-state index contributed by atoms with van der Waals surface area (Å²) in [6.07, 6.45) is 3.55. The molecule has 0 aliphatic rings. The Morgan fingerprint density at radius 2 is 1.93 bits per heavy atom. The third-order valence-electron chi connectivity index (χ3n) is 3.70. The fourth-order valence-electron chi connectivity index (χ4n) is 2.55. The van der Waals surface area contributed by atoms with Crippen LogP contribution in [0.1, 0.15) is 29.9 Å². The number of aromatic nitrogens is 2. The summed E-state index contributed by atoms with van der Waals surface area (Å²) in [7, 11) is 0. The number of amides is 1. The molecule has 0 fully saturated rings. The molecule has 7 heteroatoms. The molecular formula is C20H21N3O3S. The van der Waals surface area contributed by atoms with Gasteiger partial charge in [-0.25, -0.2) is 9.97 Å². The number of ether oxygens (including phenoxy) is 1. The van der Waals surface area contributed by atoms with Gasteiger partial charge in [-0.15, -0.1) is 11.8 Å². The average molecular weight is 383 g/mol. The highest BCUT2D eigenvalue weighted by Crippen LogP contribution is 2.26. The first kappa shape index (κ1) is 19.0. The van der Waals surface area contributed by atoms with Crippen molar-refractivity contribution in [3.05, 3.63) is 53.9 Å². The number of anilines is 1. The first-order valence-electron chi connectivity index (χ1n) is 8.52. The summed E-state index contributed by atoms with van der Waals surface area (Å²) in [5, 5.41) is 3.50. The van der Waals surface area contributed by atoms with Crippen molar-refractivity contribution in [1.29, 1.82) is 0 Å². The Kier molecular flexibility index (Phi) is 5.81. The van der Waals surface area contributed by atoms with E-state index in [1.807, 2.05) is 44.4 Å². The lowest BCUT2D eigenvalue weighted by Gasteiger charge is -2.13. The SMILES string of the molecule is CSc1nc(-c2ccco2)nc(C)c1C(=O)Nc1ccc(OC(C)C)cc1. The van der Waals surface area contributed by atoms with Crippen molar-refractivity contribution in [3.63, 3.8) is 0 Å². The number of benzene rings is 1. The fraction of sp³-hybridized carbons (Fsp3) is 0.250. The highest BCUT2D eigenvalue weighted by Gasteiger charge is 2.20. The third kappa shape index (κ3) is 4.49. The van der Waals surface area contributed by atoms with E-state index in [4.69, 9.17) is 9.15 Å². The molecule has 6 nitrogen and oxygen atoms in total. The van der Waals surface area contributed by atoms with Gasteiger partial charge in [-0.2, -0.15) is 0 Å². The number of carbonyl (C=O) groups excluding carboxylic acids is 1. The average Bonchev–Trinajstić information content (AvgIpc) is 3.16. The van der Waals surface area contributed by atoms with Crippen molar-refractivity contribution in [1.82, 2.24) is 9.97 Å². The maximum absolute atomic E-state index is 12.8. The van der Waals surface area contributed by atoms with Crippen molar-refractivity contribution in [2.75, 3.05) is 11.6 Å². The third-order valence-corrected chi connectivity index (χ3v) is 4.38. The fourth-order valence-corrected chi connectivity index (χ4v) is 3.18. The highest BCUT2D eigenvalue weighted by atomic mass is 32.2. The standard InChI is InChI=1S/C20H21N3O3S/c1-12(2)26-15-9-7-14(8-10-15)22-19(24)17-13(3)21-18(23-20(17)27-4)16-6-5-11-25-16/h5-12H,1-4H3,(H,22,24). The number of nitrogens with one attached hydrogen (secondary N) is 1. The van der Waals surface area contributed by atoms with E-state index in [0.29, 0.717) is 33.6 Å². The zero-order valence-electron chi connectivity index (χ0n) is 15.6. The molecule has 3 rings (SSSR count). The minimum Gasteiger partial charge on any atom is -0.491 e. The van der Waals surface area contributed by atoms with Gasteiger partial charge in [0, 0.05) is 5.69 Å². The molecule has 2 heterocycles. The molecule has 0 atom stereocenters. The lowest BCUT2D eigenvalue weighted by atomic mass is 10.2. The molecule has 0 radical (unpaired) electrons. The molecule has 0 bridgehead atoms. The molecule has 0 spiro atoms. The zero-order valence-corrected chi connectivity index (χ0v) is 16.5. The minimum absolute atomic E-state index is 0.0991. The Balaban J connectivity index is 1.84. The van der Waals surface area contributed by atoms with Gasteiger partial charge in [0.05, 0.1) is 23.6 Å². The second-order valence-electron chi connectivity index (χ2n) is 6.14. The van der Waals surface area contributed by atoms with Crippen LogP contribution in [0.2, 0.25) is 0 Å². The maximum atomic E-state index is 12.8. The van der Waals surface area contributed by atoms with Gasteiger partial charge in [0.1, 0.15) is 10.8 Å².